The van der Waals surface area contributed by atoms with E-state index in [-0.39, 0.29) is 5.91 Å². The number of amides is 1. The minimum Gasteiger partial charge on any atom is -0.298 e. The molecule has 136 valence electrons. The van der Waals surface area contributed by atoms with E-state index in [1.165, 1.54) is 11.3 Å². The van der Waals surface area contributed by atoms with Gasteiger partial charge in [-0.15, -0.1) is 0 Å². The zero-order chi connectivity index (χ0) is 19.1. The molecule has 7 heteroatoms. The summed E-state index contributed by atoms with van der Waals surface area (Å²) >= 11 is 1.45. The molecule has 3 aromatic heterocycles. The molecule has 0 aliphatic carbocycles. The second-order valence-electron chi connectivity index (χ2n) is 6.38. The molecule has 0 saturated heterocycles. The third-order valence-electron chi connectivity index (χ3n) is 4.56. The minimum atomic E-state index is -0.274. The highest BCUT2D eigenvalue weighted by atomic mass is 32.1. The SMILES string of the molecule is Cc1cccc2sc(NC(=O)c3cnn4c(-c5ccccc5)ccnc34)nc12. The van der Waals surface area contributed by atoms with Crippen molar-refractivity contribution >= 4 is 38.2 Å². The molecule has 0 fully saturated rings. The Balaban J connectivity index is 1.52. The van der Waals surface area contributed by atoms with Gasteiger partial charge in [0.05, 0.1) is 22.1 Å². The molecule has 3 heterocycles. The van der Waals surface area contributed by atoms with Gasteiger partial charge in [-0.2, -0.15) is 5.10 Å². The summed E-state index contributed by atoms with van der Waals surface area (Å²) in [4.78, 5) is 21.8. The van der Waals surface area contributed by atoms with Crippen molar-refractivity contribution in [2.45, 2.75) is 6.92 Å². The fourth-order valence-electron chi connectivity index (χ4n) is 3.18. The van der Waals surface area contributed by atoms with E-state index in [1.54, 1.807) is 16.9 Å². The lowest BCUT2D eigenvalue weighted by atomic mass is 10.1. The molecular formula is C21H15N5OS. The quantitative estimate of drug-likeness (QED) is 0.494. The van der Waals surface area contributed by atoms with Crippen LogP contribution < -0.4 is 5.32 Å². The molecule has 2 aromatic carbocycles. The standard InChI is InChI=1S/C21H15N5OS/c1-13-6-5-9-17-18(13)24-21(28-17)25-20(27)15-12-23-26-16(10-11-22-19(15)26)14-7-3-2-4-8-14/h2-12H,1H3,(H,24,25,27). The Morgan fingerprint density at radius 3 is 2.75 bits per heavy atom. The molecule has 0 saturated carbocycles. The fourth-order valence-corrected chi connectivity index (χ4v) is 4.12. The predicted molar refractivity (Wildman–Crippen MR) is 111 cm³/mol. The minimum absolute atomic E-state index is 0.274. The summed E-state index contributed by atoms with van der Waals surface area (Å²) in [5, 5.41) is 7.84. The lowest BCUT2D eigenvalue weighted by molar-refractivity contribution is 0.102. The van der Waals surface area contributed by atoms with Gasteiger partial charge in [-0.25, -0.2) is 14.5 Å². The maximum Gasteiger partial charge on any atom is 0.262 e. The van der Waals surface area contributed by atoms with Gasteiger partial charge >= 0.3 is 0 Å². The number of para-hydroxylation sites is 1. The third kappa shape index (κ3) is 2.73. The Bertz CT molecular complexity index is 1320. The van der Waals surface area contributed by atoms with Gasteiger partial charge in [-0.1, -0.05) is 53.8 Å². The van der Waals surface area contributed by atoms with E-state index in [4.69, 9.17) is 0 Å². The van der Waals surface area contributed by atoms with Crippen molar-refractivity contribution in [3.63, 3.8) is 0 Å². The molecule has 28 heavy (non-hydrogen) atoms. The van der Waals surface area contributed by atoms with Crippen LogP contribution >= 0.6 is 11.3 Å². The fraction of sp³-hybridized carbons (Fsp3) is 0.0476. The van der Waals surface area contributed by atoms with Crippen molar-refractivity contribution in [1.29, 1.82) is 0 Å². The first-order valence-electron chi connectivity index (χ1n) is 8.76. The number of aromatic nitrogens is 4. The number of rotatable bonds is 3. The molecule has 5 rings (SSSR count). The highest BCUT2D eigenvalue weighted by Gasteiger charge is 2.18. The zero-order valence-corrected chi connectivity index (χ0v) is 15.8. The first-order valence-corrected chi connectivity index (χ1v) is 9.58. The van der Waals surface area contributed by atoms with Crippen LogP contribution in [0.15, 0.2) is 67.0 Å². The number of nitrogens with zero attached hydrogens (tertiary/aromatic N) is 4. The number of hydrogen-bond acceptors (Lipinski definition) is 5. The van der Waals surface area contributed by atoms with Crippen LogP contribution in [-0.4, -0.2) is 25.5 Å². The van der Waals surface area contributed by atoms with Gasteiger partial charge in [0.25, 0.3) is 5.91 Å². The van der Waals surface area contributed by atoms with Crippen LogP contribution in [0.5, 0.6) is 0 Å². The van der Waals surface area contributed by atoms with Gasteiger partial charge in [0.1, 0.15) is 5.56 Å². The van der Waals surface area contributed by atoms with Crippen LogP contribution in [-0.2, 0) is 0 Å². The molecule has 0 radical (unpaired) electrons. The molecule has 0 bridgehead atoms. The third-order valence-corrected chi connectivity index (χ3v) is 5.49. The van der Waals surface area contributed by atoms with E-state index in [2.05, 4.69) is 20.4 Å². The Morgan fingerprint density at radius 2 is 1.93 bits per heavy atom. The molecule has 0 aliphatic heterocycles. The largest absolute Gasteiger partial charge is 0.298 e. The van der Waals surface area contributed by atoms with Crippen molar-refractivity contribution in [3.05, 3.63) is 78.1 Å². The van der Waals surface area contributed by atoms with E-state index in [1.807, 2.05) is 61.5 Å². The van der Waals surface area contributed by atoms with Gasteiger partial charge in [0.2, 0.25) is 0 Å². The Hall–Kier alpha value is -3.58. The van der Waals surface area contributed by atoms with Crippen molar-refractivity contribution in [1.82, 2.24) is 19.6 Å². The van der Waals surface area contributed by atoms with Gasteiger partial charge in [0.15, 0.2) is 10.8 Å². The van der Waals surface area contributed by atoms with Crippen LogP contribution in [0, 0.1) is 6.92 Å². The number of thiazole rings is 1. The number of benzene rings is 2. The molecule has 0 aliphatic rings. The van der Waals surface area contributed by atoms with Gasteiger partial charge in [-0.3, -0.25) is 10.1 Å². The summed E-state index contributed by atoms with van der Waals surface area (Å²) in [7, 11) is 0. The average Bonchev–Trinajstić information content (AvgIpc) is 3.33. The second-order valence-corrected chi connectivity index (χ2v) is 7.42. The number of hydrogen-bond donors (Lipinski definition) is 1. The Morgan fingerprint density at radius 1 is 1.07 bits per heavy atom. The molecule has 6 nitrogen and oxygen atoms in total. The molecular weight excluding hydrogens is 370 g/mol. The van der Waals surface area contributed by atoms with Gasteiger partial charge in [0, 0.05) is 11.8 Å². The molecule has 1 amide bonds. The average molecular weight is 385 g/mol. The Labute approximate surface area is 164 Å². The number of aryl methyl sites for hydroxylation is 1. The normalized spacial score (nSPS) is 11.2. The zero-order valence-electron chi connectivity index (χ0n) is 15.0. The number of carbonyl (C=O) groups excluding carboxylic acids is 1. The lowest BCUT2D eigenvalue weighted by Gasteiger charge is -2.04. The van der Waals surface area contributed by atoms with Crippen LogP contribution in [0.3, 0.4) is 0 Å². The van der Waals surface area contributed by atoms with Crippen LogP contribution in [0.2, 0.25) is 0 Å². The van der Waals surface area contributed by atoms with Crippen LogP contribution in [0.4, 0.5) is 5.13 Å². The first kappa shape index (κ1) is 16.6. The summed E-state index contributed by atoms with van der Waals surface area (Å²) in [6, 6.07) is 17.8. The number of nitrogens with one attached hydrogen (secondary N) is 1. The summed E-state index contributed by atoms with van der Waals surface area (Å²) in [6.45, 7) is 2.01. The van der Waals surface area contributed by atoms with Crippen molar-refractivity contribution < 1.29 is 4.79 Å². The predicted octanol–water partition coefficient (Wildman–Crippen LogP) is 4.57. The molecule has 5 aromatic rings. The highest BCUT2D eigenvalue weighted by Crippen LogP contribution is 2.28. The number of carbonyl (C=O) groups is 1. The van der Waals surface area contributed by atoms with Crippen LogP contribution in [0.1, 0.15) is 15.9 Å². The van der Waals surface area contributed by atoms with Gasteiger partial charge in [-0.05, 0) is 24.6 Å². The highest BCUT2D eigenvalue weighted by molar-refractivity contribution is 7.22. The second kappa shape index (κ2) is 6.54. The van der Waals surface area contributed by atoms with Gasteiger partial charge < -0.3 is 0 Å². The molecule has 0 unspecified atom stereocenters. The van der Waals surface area contributed by atoms with Crippen molar-refractivity contribution in [3.8, 4) is 11.3 Å². The smallest absolute Gasteiger partial charge is 0.262 e. The van der Waals surface area contributed by atoms with Crippen molar-refractivity contribution in [2.24, 2.45) is 0 Å². The number of fused-ring (bicyclic) bond motifs is 2. The van der Waals surface area contributed by atoms with E-state index < -0.39 is 0 Å². The molecule has 0 spiro atoms. The van der Waals surface area contributed by atoms with E-state index in [9.17, 15) is 4.79 Å². The molecule has 0 atom stereocenters. The van der Waals surface area contributed by atoms with Crippen LogP contribution in [0.25, 0.3) is 27.1 Å². The monoisotopic (exact) mass is 385 g/mol. The summed E-state index contributed by atoms with van der Waals surface area (Å²) in [5.41, 5.74) is 4.79. The van der Waals surface area contributed by atoms with E-state index >= 15 is 0 Å². The summed E-state index contributed by atoms with van der Waals surface area (Å²) < 4.78 is 2.73. The first-order chi connectivity index (χ1) is 13.7. The maximum atomic E-state index is 12.9. The van der Waals surface area contributed by atoms with E-state index in [0.29, 0.717) is 16.3 Å². The lowest BCUT2D eigenvalue weighted by Crippen LogP contribution is -2.12. The van der Waals surface area contributed by atoms with Crippen molar-refractivity contribution in [2.75, 3.05) is 5.32 Å². The maximum absolute atomic E-state index is 12.9. The Kier molecular flexibility index (Phi) is 3.87. The molecule has 1 N–H and O–H groups in total. The summed E-state index contributed by atoms with van der Waals surface area (Å²) in [6.07, 6.45) is 3.24. The summed E-state index contributed by atoms with van der Waals surface area (Å²) in [5.74, 6) is -0.274. The number of anilines is 1. The topological polar surface area (TPSA) is 72.2 Å². The van der Waals surface area contributed by atoms with E-state index in [0.717, 1.165) is 27.0 Å².